The third kappa shape index (κ3) is 2.80. The van der Waals surface area contributed by atoms with E-state index in [2.05, 4.69) is 11.0 Å². The van der Waals surface area contributed by atoms with Crippen molar-refractivity contribution >= 4 is 32.7 Å². The number of ether oxygens (including phenoxy) is 1. The van der Waals surface area contributed by atoms with Crippen molar-refractivity contribution < 1.29 is 14.6 Å². The minimum absolute atomic E-state index is 0.547. The third-order valence-electron chi connectivity index (χ3n) is 5.20. The Hall–Kier alpha value is -2.60. The van der Waals surface area contributed by atoms with Gasteiger partial charge in [0.15, 0.2) is 5.13 Å². The zero-order chi connectivity index (χ0) is 18.1. The van der Waals surface area contributed by atoms with Gasteiger partial charge < -0.3 is 14.7 Å². The lowest BCUT2D eigenvalue weighted by atomic mass is 9.73. The average Bonchev–Trinajstić information content (AvgIpc) is 3.12. The second-order valence-corrected chi connectivity index (χ2v) is 7.58. The quantitative estimate of drug-likeness (QED) is 0.756. The summed E-state index contributed by atoms with van der Waals surface area (Å²) >= 11 is 1.66. The second kappa shape index (κ2) is 6.61. The lowest BCUT2D eigenvalue weighted by molar-refractivity contribution is -0.144. The van der Waals surface area contributed by atoms with Gasteiger partial charge >= 0.3 is 5.97 Å². The van der Waals surface area contributed by atoms with Gasteiger partial charge in [-0.25, -0.2) is 4.98 Å². The summed E-state index contributed by atoms with van der Waals surface area (Å²) in [6.45, 7) is 1.34. The predicted octanol–water partition coefficient (Wildman–Crippen LogP) is 3.93. The topological polar surface area (TPSA) is 62.7 Å². The van der Waals surface area contributed by atoms with Gasteiger partial charge in [-0.2, -0.15) is 0 Å². The highest BCUT2D eigenvalue weighted by molar-refractivity contribution is 7.22. The number of para-hydroxylation sites is 1. The molecule has 1 saturated heterocycles. The molecular weight excluding hydrogens is 348 g/mol. The maximum Gasteiger partial charge on any atom is 0.314 e. The van der Waals surface area contributed by atoms with Crippen molar-refractivity contribution in [1.29, 1.82) is 0 Å². The van der Waals surface area contributed by atoms with Gasteiger partial charge in [0.05, 0.1) is 22.7 Å². The molecule has 6 heteroatoms. The zero-order valence-corrected chi connectivity index (χ0v) is 15.3. The third-order valence-corrected chi connectivity index (χ3v) is 6.30. The lowest BCUT2D eigenvalue weighted by Gasteiger charge is -2.39. The first-order chi connectivity index (χ1) is 12.6. The maximum absolute atomic E-state index is 12.2. The van der Waals surface area contributed by atoms with E-state index in [1.165, 1.54) is 0 Å². The van der Waals surface area contributed by atoms with Crippen LogP contribution in [0.3, 0.4) is 0 Å². The summed E-state index contributed by atoms with van der Waals surface area (Å²) in [5.74, 6) is -0.0774. The molecule has 5 nitrogen and oxygen atoms in total. The number of methoxy groups -OCH3 is 1. The van der Waals surface area contributed by atoms with Crippen molar-refractivity contribution in [2.75, 3.05) is 25.1 Å². The number of hydrogen-bond acceptors (Lipinski definition) is 5. The Morgan fingerprint density at radius 1 is 1.19 bits per heavy atom. The molecule has 0 amide bonds. The first-order valence-electron chi connectivity index (χ1n) is 8.61. The van der Waals surface area contributed by atoms with Crippen molar-refractivity contribution in [3.8, 4) is 5.75 Å². The van der Waals surface area contributed by atoms with Crippen LogP contribution in [0.15, 0.2) is 48.5 Å². The predicted molar refractivity (Wildman–Crippen MR) is 103 cm³/mol. The molecule has 0 spiro atoms. The van der Waals surface area contributed by atoms with Crippen molar-refractivity contribution in [3.63, 3.8) is 0 Å². The monoisotopic (exact) mass is 368 g/mol. The number of anilines is 1. The van der Waals surface area contributed by atoms with Crippen molar-refractivity contribution in [1.82, 2.24) is 4.98 Å². The van der Waals surface area contributed by atoms with E-state index in [-0.39, 0.29) is 0 Å². The molecule has 1 aromatic heterocycles. The number of carboxylic acids is 1. The SMILES string of the molecule is COc1cccc(C2(C(=O)O)CCN(c3nc4ccccc4s3)CC2)c1. The van der Waals surface area contributed by atoms with Crippen molar-refractivity contribution in [2.45, 2.75) is 18.3 Å². The lowest BCUT2D eigenvalue weighted by Crippen LogP contribution is -2.47. The number of rotatable bonds is 4. The molecule has 1 aliphatic heterocycles. The number of carboxylic acid groups (broad SMARTS) is 1. The molecule has 1 N–H and O–H groups in total. The van der Waals surface area contributed by atoms with E-state index in [1.54, 1.807) is 18.4 Å². The molecule has 0 aliphatic carbocycles. The molecule has 4 rings (SSSR count). The van der Waals surface area contributed by atoms with Crippen molar-refractivity contribution in [3.05, 3.63) is 54.1 Å². The van der Waals surface area contributed by atoms with Crippen LogP contribution in [0.2, 0.25) is 0 Å². The smallest absolute Gasteiger partial charge is 0.314 e. The van der Waals surface area contributed by atoms with Gasteiger partial charge in [-0.3, -0.25) is 4.79 Å². The number of benzene rings is 2. The summed E-state index contributed by atoms with van der Waals surface area (Å²) in [4.78, 5) is 19.1. The number of hydrogen-bond donors (Lipinski definition) is 1. The van der Waals surface area contributed by atoms with Crippen LogP contribution in [0.25, 0.3) is 10.2 Å². The molecule has 0 saturated carbocycles. The van der Waals surface area contributed by atoms with E-state index in [0.29, 0.717) is 31.7 Å². The van der Waals surface area contributed by atoms with Crippen molar-refractivity contribution in [2.24, 2.45) is 0 Å². The fourth-order valence-corrected chi connectivity index (χ4v) is 4.64. The molecule has 2 aromatic carbocycles. The highest BCUT2D eigenvalue weighted by Crippen LogP contribution is 2.39. The van der Waals surface area contributed by atoms with Gasteiger partial charge in [-0.1, -0.05) is 35.6 Å². The van der Waals surface area contributed by atoms with Crippen LogP contribution in [0.4, 0.5) is 5.13 Å². The summed E-state index contributed by atoms with van der Waals surface area (Å²) in [5, 5.41) is 11.0. The molecule has 1 aliphatic rings. The molecule has 2 heterocycles. The summed E-state index contributed by atoms with van der Waals surface area (Å²) in [6, 6.07) is 15.5. The van der Waals surface area contributed by atoms with E-state index in [9.17, 15) is 9.90 Å². The highest BCUT2D eigenvalue weighted by atomic mass is 32.1. The van der Waals surface area contributed by atoms with Crippen LogP contribution < -0.4 is 9.64 Å². The molecule has 26 heavy (non-hydrogen) atoms. The Morgan fingerprint density at radius 2 is 1.96 bits per heavy atom. The number of aliphatic carboxylic acids is 1. The zero-order valence-electron chi connectivity index (χ0n) is 14.5. The Bertz CT molecular complexity index is 912. The minimum Gasteiger partial charge on any atom is -0.497 e. The average molecular weight is 368 g/mol. The van der Waals surface area contributed by atoms with Crippen LogP contribution in [0.5, 0.6) is 5.75 Å². The van der Waals surface area contributed by atoms with E-state index in [0.717, 1.165) is 20.9 Å². The first-order valence-corrected chi connectivity index (χ1v) is 9.42. The maximum atomic E-state index is 12.2. The van der Waals surface area contributed by atoms with Gasteiger partial charge in [0.25, 0.3) is 0 Å². The van der Waals surface area contributed by atoms with Crippen LogP contribution in [0.1, 0.15) is 18.4 Å². The van der Waals surface area contributed by atoms with Gasteiger partial charge in [0, 0.05) is 13.1 Å². The molecule has 0 unspecified atom stereocenters. The van der Waals surface area contributed by atoms with Crippen LogP contribution in [0, 0.1) is 0 Å². The Balaban J connectivity index is 1.60. The normalized spacial score (nSPS) is 16.6. The Morgan fingerprint density at radius 3 is 2.65 bits per heavy atom. The number of piperidine rings is 1. The molecular formula is C20H20N2O3S. The van der Waals surface area contributed by atoms with E-state index in [1.807, 2.05) is 42.5 Å². The summed E-state index contributed by atoms with van der Waals surface area (Å²) in [7, 11) is 1.60. The fourth-order valence-electron chi connectivity index (χ4n) is 3.62. The molecule has 0 atom stereocenters. The number of fused-ring (bicyclic) bond motifs is 1. The summed E-state index contributed by atoms with van der Waals surface area (Å²) < 4.78 is 6.44. The van der Waals surface area contributed by atoms with E-state index < -0.39 is 11.4 Å². The van der Waals surface area contributed by atoms with Gasteiger partial charge in [-0.15, -0.1) is 0 Å². The standard InChI is InChI=1S/C20H20N2O3S/c1-25-15-6-4-5-14(13-15)20(18(23)24)9-11-22(12-10-20)19-21-16-7-2-3-8-17(16)26-19/h2-8,13H,9-12H2,1H3,(H,23,24). The molecule has 134 valence electrons. The number of aromatic nitrogens is 1. The molecule has 0 radical (unpaired) electrons. The molecule has 3 aromatic rings. The van der Waals surface area contributed by atoms with E-state index in [4.69, 9.17) is 9.72 Å². The van der Waals surface area contributed by atoms with Crippen LogP contribution in [-0.2, 0) is 10.2 Å². The summed E-state index contributed by atoms with van der Waals surface area (Å²) in [6.07, 6.45) is 1.09. The second-order valence-electron chi connectivity index (χ2n) is 6.57. The van der Waals surface area contributed by atoms with Gasteiger partial charge in [0.1, 0.15) is 5.75 Å². The summed E-state index contributed by atoms with van der Waals surface area (Å²) in [5.41, 5.74) is 0.936. The van der Waals surface area contributed by atoms with Crippen LogP contribution >= 0.6 is 11.3 Å². The fraction of sp³-hybridized carbons (Fsp3) is 0.300. The first kappa shape index (κ1) is 16.8. The number of nitrogens with zero attached hydrogens (tertiary/aromatic N) is 2. The van der Waals surface area contributed by atoms with Gasteiger partial charge in [0.2, 0.25) is 0 Å². The van der Waals surface area contributed by atoms with Gasteiger partial charge in [-0.05, 0) is 42.7 Å². The molecule has 1 fully saturated rings. The number of carbonyl (C=O) groups is 1. The Labute approximate surface area is 155 Å². The largest absolute Gasteiger partial charge is 0.497 e. The van der Waals surface area contributed by atoms with Crippen LogP contribution in [-0.4, -0.2) is 36.3 Å². The Kier molecular flexibility index (Phi) is 4.28. The number of thiazole rings is 1. The highest BCUT2D eigenvalue weighted by Gasteiger charge is 2.43. The molecule has 0 bridgehead atoms. The van der Waals surface area contributed by atoms with E-state index >= 15 is 0 Å². The minimum atomic E-state index is -0.873.